The molecule has 0 spiro atoms. The molecule has 0 fully saturated rings. The minimum Gasteiger partial charge on any atom is -0.344 e. The topological polar surface area (TPSA) is 46.6 Å². The fraction of sp³-hybridized carbons (Fsp3) is 0.0175. The van der Waals surface area contributed by atoms with E-state index >= 15 is 0 Å². The molecule has 9 aromatic carbocycles. The predicted molar refractivity (Wildman–Crippen MR) is 258 cm³/mol. The number of para-hydroxylation sites is 5. The van der Waals surface area contributed by atoms with Crippen molar-refractivity contribution in [3.05, 3.63) is 241 Å². The third-order valence-electron chi connectivity index (χ3n) is 12.2. The molecule has 0 radical (unpaired) electrons. The maximum Gasteiger partial charge on any atom is 0.159 e. The van der Waals surface area contributed by atoms with E-state index in [1.165, 1.54) is 38.2 Å². The molecule has 5 heteroatoms. The summed E-state index contributed by atoms with van der Waals surface area (Å²) in [6.07, 6.45) is -0.428. The Bertz CT molecular complexity index is 3520. The molecule has 0 saturated carbocycles. The van der Waals surface area contributed by atoms with Gasteiger partial charge in [-0.25, -0.2) is 9.98 Å². The highest BCUT2D eigenvalue weighted by Crippen LogP contribution is 2.37. The Balaban J connectivity index is 1.04. The van der Waals surface area contributed by atoms with Crippen molar-refractivity contribution in [2.24, 2.45) is 9.98 Å². The number of rotatable bonds is 7. The van der Waals surface area contributed by atoms with Crippen molar-refractivity contribution in [3.8, 4) is 33.6 Å². The van der Waals surface area contributed by atoms with Crippen molar-refractivity contribution >= 4 is 55.3 Å². The number of hydrogen-bond acceptors (Lipinski definition) is 3. The molecule has 11 aromatic rings. The summed E-state index contributed by atoms with van der Waals surface area (Å²) in [4.78, 5) is 10.9. The van der Waals surface area contributed by atoms with E-state index in [-0.39, 0.29) is 0 Å². The summed E-state index contributed by atoms with van der Waals surface area (Å²) in [6.45, 7) is 0. The largest absolute Gasteiger partial charge is 0.344 e. The molecule has 0 amide bonds. The van der Waals surface area contributed by atoms with Gasteiger partial charge in [0.25, 0.3) is 0 Å². The molecular formula is C57H39N5. The van der Waals surface area contributed by atoms with E-state index in [1.807, 2.05) is 0 Å². The first-order valence-corrected chi connectivity index (χ1v) is 21.1. The number of aliphatic imine (C=N–C) groups is 2. The predicted octanol–water partition coefficient (Wildman–Crippen LogP) is 13.7. The lowest BCUT2D eigenvalue weighted by molar-refractivity contribution is 0.675. The molecule has 62 heavy (non-hydrogen) atoms. The monoisotopic (exact) mass is 793 g/mol. The zero-order chi connectivity index (χ0) is 41.0. The summed E-state index contributed by atoms with van der Waals surface area (Å²) >= 11 is 0. The fourth-order valence-corrected chi connectivity index (χ4v) is 9.28. The maximum atomic E-state index is 5.46. The molecule has 0 saturated heterocycles. The molecule has 1 N–H and O–H groups in total. The molecule has 2 aromatic heterocycles. The van der Waals surface area contributed by atoms with Gasteiger partial charge in [-0.1, -0.05) is 170 Å². The first-order chi connectivity index (χ1) is 30.7. The van der Waals surface area contributed by atoms with Gasteiger partial charge in [0.05, 0.1) is 22.1 Å². The standard InChI is InChI=1S/C57H39N5/c1-4-16-38(17-5-1)39-30-32-40(33-31-39)41-18-14-19-42(36-41)55-58-56(43-34-35-48-46-24-10-12-28-51(46)61(53(48)37-43)44-20-6-2-7-21-44)60-57(59-55)50-27-15-26-49-47-25-11-13-29-52(47)62(54(49)50)45-22-8-3-9-23-45/h1-37,56H,(H,58,59,60). The molecule has 1 atom stereocenters. The van der Waals surface area contributed by atoms with E-state index in [0.29, 0.717) is 5.84 Å². The van der Waals surface area contributed by atoms with E-state index in [4.69, 9.17) is 9.98 Å². The number of nitrogens with zero attached hydrogens (tertiary/aromatic N) is 4. The average Bonchev–Trinajstić information content (AvgIpc) is 3.87. The van der Waals surface area contributed by atoms with E-state index in [0.717, 1.165) is 61.6 Å². The Hall–Kier alpha value is -8.28. The van der Waals surface area contributed by atoms with E-state index in [2.05, 4.69) is 239 Å². The minimum absolute atomic E-state index is 0.428. The van der Waals surface area contributed by atoms with Gasteiger partial charge >= 0.3 is 0 Å². The van der Waals surface area contributed by atoms with E-state index in [9.17, 15) is 0 Å². The molecule has 0 aliphatic carbocycles. The van der Waals surface area contributed by atoms with Gasteiger partial charge in [-0.05, 0) is 82.4 Å². The van der Waals surface area contributed by atoms with Crippen molar-refractivity contribution in [1.82, 2.24) is 14.5 Å². The Morgan fingerprint density at radius 1 is 0.371 bits per heavy atom. The minimum atomic E-state index is -0.428. The number of fused-ring (bicyclic) bond motifs is 6. The van der Waals surface area contributed by atoms with Gasteiger partial charge in [0, 0.05) is 44.0 Å². The highest BCUT2D eigenvalue weighted by Gasteiger charge is 2.26. The highest BCUT2D eigenvalue weighted by molar-refractivity contribution is 6.21. The second kappa shape index (κ2) is 14.8. The Morgan fingerprint density at radius 2 is 0.887 bits per heavy atom. The van der Waals surface area contributed by atoms with E-state index < -0.39 is 6.17 Å². The summed E-state index contributed by atoms with van der Waals surface area (Å²) in [5, 5.41) is 8.65. The van der Waals surface area contributed by atoms with Crippen LogP contribution >= 0.6 is 0 Å². The van der Waals surface area contributed by atoms with Crippen LogP contribution in [0, 0.1) is 0 Å². The van der Waals surface area contributed by atoms with Crippen LogP contribution in [0.2, 0.25) is 0 Å². The third kappa shape index (κ3) is 6.02. The molecule has 5 nitrogen and oxygen atoms in total. The van der Waals surface area contributed by atoms with Crippen LogP contribution in [-0.4, -0.2) is 20.8 Å². The van der Waals surface area contributed by atoms with Crippen LogP contribution in [0.3, 0.4) is 0 Å². The molecule has 292 valence electrons. The molecule has 1 aliphatic rings. The summed E-state index contributed by atoms with van der Waals surface area (Å²) in [7, 11) is 0. The van der Waals surface area contributed by atoms with Crippen molar-refractivity contribution in [1.29, 1.82) is 0 Å². The molecule has 1 aliphatic heterocycles. The average molecular weight is 794 g/mol. The van der Waals surface area contributed by atoms with Gasteiger partial charge in [0.15, 0.2) is 5.84 Å². The zero-order valence-electron chi connectivity index (χ0n) is 33.7. The molecular weight excluding hydrogens is 755 g/mol. The fourth-order valence-electron chi connectivity index (χ4n) is 9.28. The van der Waals surface area contributed by atoms with Crippen LogP contribution < -0.4 is 5.32 Å². The van der Waals surface area contributed by atoms with Gasteiger partial charge in [0.1, 0.15) is 12.0 Å². The SMILES string of the molecule is c1ccc(-c2ccc(-c3cccc(C4=NC(c5ccc6c7ccccc7n(-c7ccccc7)c6c5)NC(c5cccc6c7ccccc7n(-c7ccccc7)c56)=N4)c3)cc2)cc1. The van der Waals surface area contributed by atoms with Crippen LogP contribution in [0.4, 0.5) is 0 Å². The maximum absolute atomic E-state index is 5.46. The van der Waals surface area contributed by atoms with Gasteiger partial charge in [-0.15, -0.1) is 0 Å². The number of hydrogen-bond donors (Lipinski definition) is 1. The highest BCUT2D eigenvalue weighted by atomic mass is 15.2. The zero-order valence-corrected chi connectivity index (χ0v) is 33.7. The molecule has 12 rings (SSSR count). The van der Waals surface area contributed by atoms with Gasteiger partial charge in [-0.3, -0.25) is 0 Å². The van der Waals surface area contributed by atoms with Crippen LogP contribution in [-0.2, 0) is 0 Å². The first-order valence-electron chi connectivity index (χ1n) is 21.1. The third-order valence-corrected chi connectivity index (χ3v) is 12.2. The quantitative estimate of drug-likeness (QED) is 0.172. The summed E-state index contributed by atoms with van der Waals surface area (Å²) in [6, 6.07) is 79.8. The second-order valence-electron chi connectivity index (χ2n) is 15.8. The van der Waals surface area contributed by atoms with Crippen LogP contribution in [0.25, 0.3) is 77.2 Å². The Labute approximate surface area is 359 Å². The summed E-state index contributed by atoms with van der Waals surface area (Å²) in [5.74, 6) is 1.45. The lowest BCUT2D eigenvalue weighted by Gasteiger charge is -2.25. The number of benzene rings is 9. The number of nitrogens with one attached hydrogen (secondary N) is 1. The van der Waals surface area contributed by atoms with Crippen LogP contribution in [0.1, 0.15) is 22.9 Å². The normalized spacial score (nSPS) is 14.0. The lowest BCUT2D eigenvalue weighted by atomic mass is 9.99. The van der Waals surface area contributed by atoms with Crippen molar-refractivity contribution in [2.75, 3.05) is 0 Å². The van der Waals surface area contributed by atoms with Gasteiger partial charge < -0.3 is 14.5 Å². The smallest absolute Gasteiger partial charge is 0.159 e. The molecule has 1 unspecified atom stereocenters. The van der Waals surface area contributed by atoms with Crippen LogP contribution in [0.5, 0.6) is 0 Å². The Kier molecular flexibility index (Phi) is 8.49. The van der Waals surface area contributed by atoms with Crippen molar-refractivity contribution in [2.45, 2.75) is 6.17 Å². The van der Waals surface area contributed by atoms with Crippen molar-refractivity contribution < 1.29 is 0 Å². The van der Waals surface area contributed by atoms with E-state index in [1.54, 1.807) is 0 Å². The summed E-state index contributed by atoms with van der Waals surface area (Å²) < 4.78 is 4.73. The van der Waals surface area contributed by atoms with Crippen molar-refractivity contribution in [3.63, 3.8) is 0 Å². The second-order valence-corrected chi connectivity index (χ2v) is 15.8. The molecule has 3 heterocycles. The number of aromatic nitrogens is 2. The first kappa shape index (κ1) is 35.6. The lowest BCUT2D eigenvalue weighted by Crippen LogP contribution is -2.34. The van der Waals surface area contributed by atoms with Gasteiger partial charge in [0.2, 0.25) is 0 Å². The number of amidine groups is 2. The Morgan fingerprint density at radius 3 is 1.61 bits per heavy atom. The molecule has 0 bridgehead atoms. The summed E-state index contributed by atoms with van der Waals surface area (Å²) in [5.41, 5.74) is 14.4. The van der Waals surface area contributed by atoms with Gasteiger partial charge in [-0.2, -0.15) is 0 Å². The van der Waals surface area contributed by atoms with Crippen LogP contribution in [0.15, 0.2) is 234 Å².